The van der Waals surface area contributed by atoms with Gasteiger partial charge < -0.3 is 10.2 Å². The molecule has 0 aromatic carbocycles. The fourth-order valence-corrected chi connectivity index (χ4v) is 1.20. The minimum atomic E-state index is 0.0897. The lowest BCUT2D eigenvalue weighted by molar-refractivity contribution is 0.568. The maximum Gasteiger partial charge on any atom is 0.113 e. The number of hydrogen-bond acceptors (Lipinski definition) is 3. The van der Waals surface area contributed by atoms with Crippen molar-refractivity contribution in [2.45, 2.75) is 6.54 Å². The van der Waals surface area contributed by atoms with Crippen molar-refractivity contribution >= 4 is 5.84 Å². The van der Waals surface area contributed by atoms with E-state index in [1.807, 2.05) is 12.3 Å². The Hall–Kier alpha value is -2.04. The van der Waals surface area contributed by atoms with Crippen LogP contribution in [-0.2, 0) is 6.54 Å². The third-order valence-corrected chi connectivity index (χ3v) is 1.82. The second kappa shape index (κ2) is 3.37. The molecule has 0 aliphatic rings. The number of rotatable bonds is 3. The van der Waals surface area contributed by atoms with Crippen LogP contribution in [0, 0.1) is 5.41 Å². The Morgan fingerprint density at radius 1 is 1.57 bits per heavy atom. The summed E-state index contributed by atoms with van der Waals surface area (Å²) < 4.78 is 6.57. The number of hydrogen-bond donors (Lipinski definition) is 2. The van der Waals surface area contributed by atoms with Gasteiger partial charge in [-0.25, -0.2) is 0 Å². The molecule has 0 spiro atoms. The molecule has 0 fully saturated rings. The van der Waals surface area contributed by atoms with Crippen LogP contribution in [0.15, 0.2) is 35.4 Å². The van der Waals surface area contributed by atoms with Gasteiger partial charge in [0.15, 0.2) is 0 Å². The molecule has 0 atom stereocenters. The minimum absolute atomic E-state index is 0.0897. The summed E-state index contributed by atoms with van der Waals surface area (Å²) in [6, 6.07) is 1.86. The zero-order valence-electron chi connectivity index (χ0n) is 7.47. The van der Waals surface area contributed by atoms with Gasteiger partial charge >= 0.3 is 0 Å². The molecule has 2 rings (SSSR count). The molecule has 0 amide bonds. The highest BCUT2D eigenvalue weighted by Crippen LogP contribution is 2.18. The summed E-state index contributed by atoms with van der Waals surface area (Å²) in [4.78, 5) is 0. The summed E-state index contributed by atoms with van der Waals surface area (Å²) in [6.45, 7) is 0.317. The Kier molecular flexibility index (Phi) is 2.06. The molecule has 0 saturated carbocycles. The summed E-state index contributed by atoms with van der Waals surface area (Å²) in [5, 5.41) is 11.2. The van der Waals surface area contributed by atoms with Crippen molar-refractivity contribution in [1.82, 2.24) is 9.78 Å². The van der Waals surface area contributed by atoms with E-state index in [-0.39, 0.29) is 5.84 Å². The highest BCUT2D eigenvalue weighted by atomic mass is 16.3. The van der Waals surface area contributed by atoms with E-state index in [2.05, 4.69) is 5.10 Å². The molecule has 0 bridgehead atoms. The van der Waals surface area contributed by atoms with E-state index >= 15 is 0 Å². The Labute approximate surface area is 80.6 Å². The molecular weight excluding hydrogens is 180 g/mol. The summed E-state index contributed by atoms with van der Waals surface area (Å²) >= 11 is 0. The van der Waals surface area contributed by atoms with E-state index in [1.165, 1.54) is 0 Å². The van der Waals surface area contributed by atoms with Gasteiger partial charge in [0.05, 0.1) is 25.3 Å². The first kappa shape index (κ1) is 8.55. The van der Waals surface area contributed by atoms with Crippen LogP contribution in [0.3, 0.4) is 0 Å². The van der Waals surface area contributed by atoms with Gasteiger partial charge in [0.25, 0.3) is 0 Å². The van der Waals surface area contributed by atoms with E-state index < -0.39 is 0 Å². The van der Waals surface area contributed by atoms with E-state index in [9.17, 15) is 0 Å². The summed E-state index contributed by atoms with van der Waals surface area (Å²) in [5.74, 6) is 0.0897. The van der Waals surface area contributed by atoms with Crippen LogP contribution in [0.1, 0.15) is 0 Å². The zero-order valence-corrected chi connectivity index (χ0v) is 7.47. The first-order valence-electron chi connectivity index (χ1n) is 4.13. The fraction of sp³-hybridized carbons (Fsp3) is 0.111. The van der Waals surface area contributed by atoms with Crippen LogP contribution >= 0.6 is 0 Å². The van der Waals surface area contributed by atoms with Crippen LogP contribution in [0.4, 0.5) is 0 Å². The number of nitrogens with one attached hydrogen (secondary N) is 1. The van der Waals surface area contributed by atoms with E-state index in [0.717, 1.165) is 11.1 Å². The van der Waals surface area contributed by atoms with Gasteiger partial charge in [0.1, 0.15) is 5.84 Å². The Balaban J connectivity index is 2.22. The van der Waals surface area contributed by atoms with Crippen LogP contribution in [0.2, 0.25) is 0 Å². The minimum Gasteiger partial charge on any atom is -0.472 e. The lowest BCUT2D eigenvalue weighted by atomic mass is 10.2. The highest BCUT2D eigenvalue weighted by molar-refractivity contribution is 5.76. The van der Waals surface area contributed by atoms with Crippen LogP contribution in [0.25, 0.3) is 11.1 Å². The standard InChI is InChI=1S/C9H10N4O/c10-9(11)5-13-4-8(3-12-13)7-1-2-14-6-7/h1-4,6H,5H2,(H3,10,11). The molecule has 14 heavy (non-hydrogen) atoms. The Bertz CT molecular complexity index is 429. The van der Waals surface area contributed by atoms with Crippen molar-refractivity contribution in [1.29, 1.82) is 5.41 Å². The second-order valence-electron chi connectivity index (χ2n) is 2.96. The zero-order chi connectivity index (χ0) is 9.97. The fourth-order valence-electron chi connectivity index (χ4n) is 1.20. The maximum atomic E-state index is 7.11. The van der Waals surface area contributed by atoms with Gasteiger partial charge in [0, 0.05) is 17.3 Å². The average Bonchev–Trinajstić information content (AvgIpc) is 2.69. The third kappa shape index (κ3) is 1.66. The molecule has 5 nitrogen and oxygen atoms in total. The molecule has 0 saturated heterocycles. The maximum absolute atomic E-state index is 7.11. The molecule has 0 unspecified atom stereocenters. The van der Waals surface area contributed by atoms with Crippen molar-refractivity contribution < 1.29 is 4.42 Å². The molecule has 2 aromatic heterocycles. The van der Waals surface area contributed by atoms with Crippen molar-refractivity contribution in [3.05, 3.63) is 31.0 Å². The van der Waals surface area contributed by atoms with Gasteiger partial charge in [-0.05, 0) is 6.07 Å². The topological polar surface area (TPSA) is 80.8 Å². The van der Waals surface area contributed by atoms with Gasteiger partial charge in [-0.15, -0.1) is 0 Å². The predicted octanol–water partition coefficient (Wildman–Crippen LogP) is 1.08. The molecule has 0 aliphatic carbocycles. The molecule has 2 heterocycles. The monoisotopic (exact) mass is 190 g/mol. The lowest BCUT2D eigenvalue weighted by Gasteiger charge is -1.96. The average molecular weight is 190 g/mol. The lowest BCUT2D eigenvalue weighted by Crippen LogP contribution is -2.17. The number of nitrogens with zero attached hydrogens (tertiary/aromatic N) is 2. The van der Waals surface area contributed by atoms with Gasteiger partial charge in [-0.2, -0.15) is 5.10 Å². The SMILES string of the molecule is N=C(N)Cn1cc(-c2ccoc2)cn1. The van der Waals surface area contributed by atoms with E-state index in [4.69, 9.17) is 15.6 Å². The number of aromatic nitrogens is 2. The summed E-state index contributed by atoms with van der Waals surface area (Å²) in [5.41, 5.74) is 7.19. The van der Waals surface area contributed by atoms with E-state index in [0.29, 0.717) is 6.54 Å². The summed E-state index contributed by atoms with van der Waals surface area (Å²) in [6.07, 6.45) is 6.80. The molecule has 72 valence electrons. The van der Waals surface area contributed by atoms with Crippen LogP contribution in [0.5, 0.6) is 0 Å². The largest absolute Gasteiger partial charge is 0.472 e. The van der Waals surface area contributed by atoms with Gasteiger partial charge in [0.2, 0.25) is 0 Å². The molecule has 3 N–H and O–H groups in total. The first-order chi connectivity index (χ1) is 6.75. The third-order valence-electron chi connectivity index (χ3n) is 1.82. The first-order valence-corrected chi connectivity index (χ1v) is 4.13. The highest BCUT2D eigenvalue weighted by Gasteiger charge is 2.02. The summed E-state index contributed by atoms with van der Waals surface area (Å²) in [7, 11) is 0. The number of nitrogens with two attached hydrogens (primary N) is 1. The van der Waals surface area contributed by atoms with Crippen molar-refractivity contribution in [2.75, 3.05) is 0 Å². The van der Waals surface area contributed by atoms with Crippen LogP contribution in [-0.4, -0.2) is 15.6 Å². The van der Waals surface area contributed by atoms with Crippen molar-refractivity contribution in [3.63, 3.8) is 0 Å². The van der Waals surface area contributed by atoms with Crippen LogP contribution < -0.4 is 5.73 Å². The normalized spacial score (nSPS) is 10.3. The molecule has 0 aliphatic heterocycles. The second-order valence-corrected chi connectivity index (χ2v) is 2.96. The van der Waals surface area contributed by atoms with Crippen molar-refractivity contribution in [3.8, 4) is 11.1 Å². The van der Waals surface area contributed by atoms with Gasteiger partial charge in [-0.1, -0.05) is 0 Å². The van der Waals surface area contributed by atoms with Gasteiger partial charge in [-0.3, -0.25) is 10.1 Å². The predicted molar refractivity (Wildman–Crippen MR) is 51.8 cm³/mol. The smallest absolute Gasteiger partial charge is 0.113 e. The molecule has 5 heteroatoms. The number of furan rings is 1. The number of amidine groups is 1. The van der Waals surface area contributed by atoms with Crippen molar-refractivity contribution in [2.24, 2.45) is 5.73 Å². The molecule has 0 radical (unpaired) electrons. The molecule has 2 aromatic rings. The molecular formula is C9H10N4O. The quantitative estimate of drug-likeness (QED) is 0.561. The Morgan fingerprint density at radius 2 is 2.43 bits per heavy atom. The van der Waals surface area contributed by atoms with E-state index in [1.54, 1.807) is 23.4 Å². The Morgan fingerprint density at radius 3 is 3.07 bits per heavy atom.